The van der Waals surface area contributed by atoms with Crippen molar-refractivity contribution in [2.45, 2.75) is 11.5 Å². The lowest BCUT2D eigenvalue weighted by Gasteiger charge is -2.06. The summed E-state index contributed by atoms with van der Waals surface area (Å²) in [5.74, 6) is 0.472. The van der Waals surface area contributed by atoms with Crippen molar-refractivity contribution in [2.24, 2.45) is 0 Å². The number of benzene rings is 2. The molecule has 40 heavy (non-hydrogen) atoms. The summed E-state index contributed by atoms with van der Waals surface area (Å²) in [6, 6.07) is 20.5. The van der Waals surface area contributed by atoms with E-state index in [4.69, 9.17) is 13.9 Å². The molecule has 4 aromatic heterocycles. The summed E-state index contributed by atoms with van der Waals surface area (Å²) in [5, 5.41) is 0.589. The minimum absolute atomic E-state index is 0.0724. The zero-order chi connectivity index (χ0) is 27.7. The van der Waals surface area contributed by atoms with E-state index in [9.17, 15) is 13.2 Å². The number of ether oxygens (including phenoxy) is 2. The maximum absolute atomic E-state index is 13.6. The Bertz CT molecular complexity index is 1910. The Labute approximate surface area is 233 Å². The summed E-state index contributed by atoms with van der Waals surface area (Å²) >= 11 is 1.15. The first kappa shape index (κ1) is 25.5. The van der Waals surface area contributed by atoms with Crippen LogP contribution >= 0.6 is 11.3 Å². The molecule has 0 aliphatic heterocycles. The molecular weight excluding hydrogens is 550 g/mol. The summed E-state index contributed by atoms with van der Waals surface area (Å²) in [6.07, 6.45) is 5.99. The fourth-order valence-corrected chi connectivity index (χ4v) is 6.61. The van der Waals surface area contributed by atoms with Gasteiger partial charge in [-0.15, -0.1) is 11.3 Å². The molecule has 0 aliphatic carbocycles. The van der Waals surface area contributed by atoms with Crippen molar-refractivity contribution < 1.29 is 27.1 Å². The average Bonchev–Trinajstić information content (AvgIpc) is 3.75. The van der Waals surface area contributed by atoms with Gasteiger partial charge in [0, 0.05) is 28.9 Å². The largest absolute Gasteiger partial charge is 0.497 e. The van der Waals surface area contributed by atoms with Crippen LogP contribution in [0.5, 0.6) is 5.75 Å². The Morgan fingerprint density at radius 3 is 2.50 bits per heavy atom. The molecule has 0 saturated heterocycles. The molecule has 0 fully saturated rings. The lowest BCUT2D eigenvalue weighted by atomic mass is 10.1. The summed E-state index contributed by atoms with van der Waals surface area (Å²) in [4.78, 5) is 22.8. The van der Waals surface area contributed by atoms with Crippen molar-refractivity contribution in [2.75, 3.05) is 7.11 Å². The number of aromatic nitrogens is 3. The molecular formula is C29H21N3O6S2. The molecule has 4 heterocycles. The summed E-state index contributed by atoms with van der Waals surface area (Å²) in [6.45, 7) is 0.0724. The highest BCUT2D eigenvalue weighted by molar-refractivity contribution is 7.90. The molecule has 0 bridgehead atoms. The van der Waals surface area contributed by atoms with Gasteiger partial charge in [0.25, 0.3) is 10.0 Å². The number of methoxy groups -OCH3 is 1. The van der Waals surface area contributed by atoms with Crippen LogP contribution in [0.4, 0.5) is 0 Å². The van der Waals surface area contributed by atoms with Crippen LogP contribution in [0.2, 0.25) is 0 Å². The Kier molecular flexibility index (Phi) is 6.66. The second-order valence-corrected chi connectivity index (χ2v) is 11.5. The molecule has 0 unspecified atom stereocenters. The van der Waals surface area contributed by atoms with E-state index >= 15 is 0 Å². The Morgan fingerprint density at radius 2 is 1.77 bits per heavy atom. The van der Waals surface area contributed by atoms with E-state index in [2.05, 4.69) is 9.97 Å². The number of hydrogen-bond donors (Lipinski definition) is 0. The first-order valence-electron chi connectivity index (χ1n) is 12.1. The third-order valence-electron chi connectivity index (χ3n) is 6.21. The first-order chi connectivity index (χ1) is 19.5. The number of carbonyl (C=O) groups excluding carboxylic acids is 1. The number of hydrogen-bond acceptors (Lipinski definition) is 9. The SMILES string of the molecule is COc1ccc(COC(=O)c2cc(-c3cn(S(=O)(=O)c4ccccc4)c4ncccc34)c(-c3ncco3)s2)cc1. The van der Waals surface area contributed by atoms with Gasteiger partial charge in [0.2, 0.25) is 5.89 Å². The molecule has 0 saturated carbocycles. The van der Waals surface area contributed by atoms with Gasteiger partial charge in [-0.3, -0.25) is 0 Å². The fourth-order valence-electron chi connectivity index (χ4n) is 4.26. The molecule has 6 rings (SSSR count). The van der Waals surface area contributed by atoms with Gasteiger partial charge in [0.05, 0.1) is 23.1 Å². The zero-order valence-electron chi connectivity index (χ0n) is 21.1. The van der Waals surface area contributed by atoms with Crippen molar-refractivity contribution >= 4 is 38.4 Å². The Morgan fingerprint density at radius 1 is 0.975 bits per heavy atom. The van der Waals surface area contributed by atoms with Crippen molar-refractivity contribution in [3.63, 3.8) is 0 Å². The second-order valence-electron chi connectivity index (χ2n) is 8.65. The van der Waals surface area contributed by atoms with Crippen molar-refractivity contribution in [1.82, 2.24) is 13.9 Å². The lowest BCUT2D eigenvalue weighted by molar-refractivity contribution is 0.0478. The molecule has 2 aromatic carbocycles. The smallest absolute Gasteiger partial charge is 0.348 e. The minimum atomic E-state index is -3.96. The van der Waals surface area contributed by atoms with Gasteiger partial charge in [-0.1, -0.05) is 30.3 Å². The molecule has 0 spiro atoms. The van der Waals surface area contributed by atoms with Crippen LogP contribution in [0.1, 0.15) is 15.2 Å². The van der Waals surface area contributed by atoms with E-state index in [1.807, 2.05) is 12.1 Å². The number of carbonyl (C=O) groups is 1. The number of nitrogens with zero attached hydrogens (tertiary/aromatic N) is 3. The third kappa shape index (κ3) is 4.65. The van der Waals surface area contributed by atoms with Crippen LogP contribution in [0.25, 0.3) is 32.9 Å². The van der Waals surface area contributed by atoms with E-state index in [0.717, 1.165) is 20.9 Å². The first-order valence-corrected chi connectivity index (χ1v) is 14.3. The van der Waals surface area contributed by atoms with Gasteiger partial charge < -0.3 is 13.9 Å². The summed E-state index contributed by atoms with van der Waals surface area (Å²) in [7, 11) is -2.37. The van der Waals surface area contributed by atoms with Crippen LogP contribution in [-0.4, -0.2) is 35.4 Å². The predicted octanol–water partition coefficient (Wildman–Crippen LogP) is 6.02. The van der Waals surface area contributed by atoms with E-state index in [1.54, 1.807) is 55.6 Å². The molecule has 0 atom stereocenters. The van der Waals surface area contributed by atoms with E-state index in [-0.39, 0.29) is 17.1 Å². The minimum Gasteiger partial charge on any atom is -0.497 e. The molecule has 200 valence electrons. The fraction of sp³-hybridized carbons (Fsp3) is 0.0690. The highest BCUT2D eigenvalue weighted by atomic mass is 32.2. The van der Waals surface area contributed by atoms with Crippen LogP contribution in [-0.2, 0) is 21.4 Å². The van der Waals surface area contributed by atoms with Crippen LogP contribution < -0.4 is 4.74 Å². The maximum Gasteiger partial charge on any atom is 0.348 e. The quantitative estimate of drug-likeness (QED) is 0.204. The number of oxazole rings is 1. The van der Waals surface area contributed by atoms with Crippen LogP contribution in [0, 0.1) is 0 Å². The van der Waals surface area contributed by atoms with Crippen molar-refractivity contribution in [3.8, 4) is 27.6 Å². The molecule has 9 nitrogen and oxygen atoms in total. The molecule has 0 aliphatic rings. The van der Waals surface area contributed by atoms with Gasteiger partial charge in [0.1, 0.15) is 23.5 Å². The van der Waals surface area contributed by atoms with Gasteiger partial charge in [-0.25, -0.2) is 27.2 Å². The average molecular weight is 572 g/mol. The standard InChI is InChI=1S/C29H21N3O6S2/c1-36-20-11-9-19(10-12-20)18-38-29(33)25-16-23(26(39-25)28-31-14-15-37-28)24-17-32(27-22(24)8-5-13-30-27)40(34,35)21-6-3-2-4-7-21/h2-17H,18H2,1H3. The Balaban J connectivity index is 1.42. The van der Waals surface area contributed by atoms with E-state index < -0.39 is 16.0 Å². The molecule has 0 radical (unpaired) electrons. The van der Waals surface area contributed by atoms with Crippen LogP contribution in [0.3, 0.4) is 0 Å². The molecule has 0 amide bonds. The van der Waals surface area contributed by atoms with Gasteiger partial charge >= 0.3 is 5.97 Å². The van der Waals surface area contributed by atoms with Gasteiger partial charge in [0.15, 0.2) is 5.65 Å². The number of rotatable bonds is 8. The van der Waals surface area contributed by atoms with E-state index in [1.165, 1.54) is 37.0 Å². The van der Waals surface area contributed by atoms with Crippen molar-refractivity contribution in [1.29, 1.82) is 0 Å². The maximum atomic E-state index is 13.6. The van der Waals surface area contributed by atoms with Gasteiger partial charge in [-0.05, 0) is 48.0 Å². The topological polar surface area (TPSA) is 114 Å². The monoisotopic (exact) mass is 571 g/mol. The number of fused-ring (bicyclic) bond motifs is 1. The predicted molar refractivity (Wildman–Crippen MR) is 150 cm³/mol. The summed E-state index contributed by atoms with van der Waals surface area (Å²) in [5.41, 5.74) is 2.19. The van der Waals surface area contributed by atoms with E-state index in [0.29, 0.717) is 37.9 Å². The highest BCUT2D eigenvalue weighted by Crippen LogP contribution is 2.42. The molecule has 11 heteroatoms. The number of esters is 1. The van der Waals surface area contributed by atoms with Gasteiger partial charge in [-0.2, -0.15) is 0 Å². The number of thiophene rings is 1. The van der Waals surface area contributed by atoms with Crippen LogP contribution in [0.15, 0.2) is 107 Å². The molecule has 6 aromatic rings. The second kappa shape index (κ2) is 10.4. The number of pyridine rings is 1. The molecule has 0 N–H and O–H groups in total. The third-order valence-corrected chi connectivity index (χ3v) is 8.98. The van der Waals surface area contributed by atoms with Crippen molar-refractivity contribution in [3.05, 3.63) is 108 Å². The highest BCUT2D eigenvalue weighted by Gasteiger charge is 2.27. The normalized spacial score (nSPS) is 11.5. The zero-order valence-corrected chi connectivity index (χ0v) is 22.7. The summed E-state index contributed by atoms with van der Waals surface area (Å²) < 4.78 is 44.7. The Hall–Kier alpha value is -4.74. The lowest BCUT2D eigenvalue weighted by Crippen LogP contribution is -2.12.